The topological polar surface area (TPSA) is 24.4 Å². The van der Waals surface area contributed by atoms with Crippen LogP contribution < -0.4 is 5.43 Å². The zero-order valence-corrected chi connectivity index (χ0v) is 4.73. The zero-order chi connectivity index (χ0) is 5.70. The van der Waals surface area contributed by atoms with E-state index in [1.807, 2.05) is 13.8 Å². The van der Waals surface area contributed by atoms with Gasteiger partial charge in [0.2, 0.25) is 0 Å². The van der Waals surface area contributed by atoms with Gasteiger partial charge in [-0.05, 0) is 13.8 Å². The van der Waals surface area contributed by atoms with Crippen molar-refractivity contribution in [1.82, 2.24) is 5.43 Å². The first-order chi connectivity index (χ1) is 3.27. The molecule has 40 valence electrons. The second-order valence-corrected chi connectivity index (χ2v) is 1.28. The minimum atomic E-state index is 0.859. The van der Waals surface area contributed by atoms with Crippen molar-refractivity contribution in [3.63, 3.8) is 0 Å². The van der Waals surface area contributed by atoms with Crippen LogP contribution in [0, 0.1) is 0 Å². The summed E-state index contributed by atoms with van der Waals surface area (Å²) >= 11 is 0. The fourth-order valence-electron chi connectivity index (χ4n) is 0.175. The Hall–Kier alpha value is -0.790. The molecule has 2 heteroatoms. The van der Waals surface area contributed by atoms with E-state index in [2.05, 4.69) is 17.1 Å². The van der Waals surface area contributed by atoms with Gasteiger partial charge in [0.25, 0.3) is 0 Å². The molecule has 0 spiro atoms. The van der Waals surface area contributed by atoms with Crippen LogP contribution in [0.15, 0.2) is 17.4 Å². The van der Waals surface area contributed by atoms with Gasteiger partial charge in [-0.2, -0.15) is 5.10 Å². The maximum Gasteiger partial charge on any atom is 0.0233 e. The van der Waals surface area contributed by atoms with E-state index < -0.39 is 0 Å². The van der Waals surface area contributed by atoms with Crippen molar-refractivity contribution >= 4 is 6.21 Å². The molecular formula is C5H10N2. The molecule has 0 aromatic heterocycles. The van der Waals surface area contributed by atoms with E-state index >= 15 is 0 Å². The first kappa shape index (κ1) is 6.21. The van der Waals surface area contributed by atoms with Crippen LogP contribution in [-0.4, -0.2) is 6.21 Å². The van der Waals surface area contributed by atoms with Crippen LogP contribution in [-0.2, 0) is 0 Å². The van der Waals surface area contributed by atoms with Gasteiger partial charge in [0.05, 0.1) is 0 Å². The minimum Gasteiger partial charge on any atom is -0.284 e. The molecule has 0 radical (unpaired) electrons. The Labute approximate surface area is 43.9 Å². The van der Waals surface area contributed by atoms with Gasteiger partial charge in [-0.1, -0.05) is 6.58 Å². The molecule has 0 saturated heterocycles. The van der Waals surface area contributed by atoms with E-state index in [1.165, 1.54) is 0 Å². The summed E-state index contributed by atoms with van der Waals surface area (Å²) in [6.45, 7) is 7.27. The molecule has 0 atom stereocenters. The van der Waals surface area contributed by atoms with Gasteiger partial charge in [0.1, 0.15) is 0 Å². The summed E-state index contributed by atoms with van der Waals surface area (Å²) in [6, 6.07) is 0. The van der Waals surface area contributed by atoms with Crippen molar-refractivity contribution in [1.29, 1.82) is 0 Å². The average molecular weight is 98.1 g/mol. The largest absolute Gasteiger partial charge is 0.284 e. The monoisotopic (exact) mass is 98.1 g/mol. The summed E-state index contributed by atoms with van der Waals surface area (Å²) in [5.41, 5.74) is 3.53. The van der Waals surface area contributed by atoms with Gasteiger partial charge >= 0.3 is 0 Å². The molecule has 0 unspecified atom stereocenters. The Morgan fingerprint density at radius 3 is 2.57 bits per heavy atom. The summed E-state index contributed by atoms with van der Waals surface area (Å²) in [6.07, 6.45) is 1.68. The molecule has 7 heavy (non-hydrogen) atoms. The van der Waals surface area contributed by atoms with Crippen LogP contribution in [0.2, 0.25) is 0 Å². The highest BCUT2D eigenvalue weighted by Crippen LogP contribution is 1.73. The maximum atomic E-state index is 3.70. The lowest BCUT2D eigenvalue weighted by atomic mass is 10.6. The first-order valence-electron chi connectivity index (χ1n) is 2.16. The van der Waals surface area contributed by atoms with Crippen molar-refractivity contribution in [2.24, 2.45) is 5.10 Å². The predicted molar refractivity (Wildman–Crippen MR) is 32.1 cm³/mol. The van der Waals surface area contributed by atoms with Crippen LogP contribution in [0.1, 0.15) is 13.8 Å². The van der Waals surface area contributed by atoms with Gasteiger partial charge in [-0.15, -0.1) is 0 Å². The van der Waals surface area contributed by atoms with Crippen LogP contribution in [0.5, 0.6) is 0 Å². The van der Waals surface area contributed by atoms with Crippen molar-refractivity contribution in [3.8, 4) is 0 Å². The summed E-state index contributed by atoms with van der Waals surface area (Å²) in [5, 5.41) is 3.70. The summed E-state index contributed by atoms with van der Waals surface area (Å²) in [5.74, 6) is 0. The standard InChI is InChI=1S/C5H10N2/c1-4-6-7-5(2)3/h4,7H,2H2,1,3H3/b6-4-. The lowest BCUT2D eigenvalue weighted by molar-refractivity contribution is 0.898. The van der Waals surface area contributed by atoms with Crippen LogP contribution in [0.4, 0.5) is 0 Å². The highest BCUT2D eigenvalue weighted by molar-refractivity contribution is 5.52. The van der Waals surface area contributed by atoms with Crippen molar-refractivity contribution < 1.29 is 0 Å². The van der Waals surface area contributed by atoms with E-state index in [4.69, 9.17) is 0 Å². The molecule has 0 aliphatic carbocycles. The molecule has 0 amide bonds. The second kappa shape index (κ2) is 3.40. The number of nitrogens with one attached hydrogen (secondary N) is 1. The van der Waals surface area contributed by atoms with Crippen molar-refractivity contribution in [3.05, 3.63) is 12.3 Å². The van der Waals surface area contributed by atoms with E-state index in [1.54, 1.807) is 6.21 Å². The normalized spacial score (nSPS) is 9.43. The molecule has 0 fully saturated rings. The van der Waals surface area contributed by atoms with Gasteiger partial charge in [-0.25, -0.2) is 0 Å². The molecule has 0 heterocycles. The molecule has 2 nitrogen and oxygen atoms in total. The number of rotatable bonds is 2. The molecule has 0 aromatic rings. The summed E-state index contributed by atoms with van der Waals surface area (Å²) in [7, 11) is 0. The molecule has 0 rings (SSSR count). The third kappa shape index (κ3) is 5.21. The average Bonchev–Trinajstić information content (AvgIpc) is 1.61. The fraction of sp³-hybridized carbons (Fsp3) is 0.400. The summed E-state index contributed by atoms with van der Waals surface area (Å²) < 4.78 is 0. The molecule has 0 bridgehead atoms. The van der Waals surface area contributed by atoms with Crippen LogP contribution in [0.3, 0.4) is 0 Å². The highest BCUT2D eigenvalue weighted by Gasteiger charge is 1.69. The van der Waals surface area contributed by atoms with Gasteiger partial charge in [0, 0.05) is 11.9 Å². The quantitative estimate of drug-likeness (QED) is 0.406. The third-order valence-electron chi connectivity index (χ3n) is 0.385. The molecule has 0 aliphatic rings. The first-order valence-corrected chi connectivity index (χ1v) is 2.16. The van der Waals surface area contributed by atoms with Crippen LogP contribution in [0.25, 0.3) is 0 Å². The molecule has 1 N–H and O–H groups in total. The van der Waals surface area contributed by atoms with E-state index in [0.717, 1.165) is 5.70 Å². The number of hydrogen-bond acceptors (Lipinski definition) is 2. The Bertz CT molecular complexity index is 84.1. The fourth-order valence-corrected chi connectivity index (χ4v) is 0.175. The lowest BCUT2D eigenvalue weighted by Crippen LogP contribution is -1.98. The zero-order valence-electron chi connectivity index (χ0n) is 4.73. The SMILES string of the molecule is C=C(C)N/N=C\C. The maximum absolute atomic E-state index is 3.70. The second-order valence-electron chi connectivity index (χ2n) is 1.28. The van der Waals surface area contributed by atoms with Crippen LogP contribution >= 0.6 is 0 Å². The van der Waals surface area contributed by atoms with Crippen molar-refractivity contribution in [2.45, 2.75) is 13.8 Å². The van der Waals surface area contributed by atoms with Gasteiger partial charge < -0.3 is 0 Å². The van der Waals surface area contributed by atoms with Gasteiger partial charge in [0.15, 0.2) is 0 Å². The Morgan fingerprint density at radius 2 is 2.43 bits per heavy atom. The Morgan fingerprint density at radius 1 is 1.86 bits per heavy atom. The third-order valence-corrected chi connectivity index (χ3v) is 0.385. The Kier molecular flexibility index (Phi) is 3.02. The van der Waals surface area contributed by atoms with Gasteiger partial charge in [-0.3, -0.25) is 5.43 Å². The number of nitrogens with zero attached hydrogens (tertiary/aromatic N) is 1. The predicted octanol–water partition coefficient (Wildman–Crippen LogP) is 1.12. The van der Waals surface area contributed by atoms with E-state index in [-0.39, 0.29) is 0 Å². The molecule has 0 aliphatic heterocycles. The lowest BCUT2D eigenvalue weighted by Gasteiger charge is -1.91. The molecule has 0 aromatic carbocycles. The van der Waals surface area contributed by atoms with E-state index in [0.29, 0.717) is 0 Å². The number of hydrogen-bond donors (Lipinski definition) is 1. The molecular weight excluding hydrogens is 88.1 g/mol. The van der Waals surface area contributed by atoms with Crippen molar-refractivity contribution in [2.75, 3.05) is 0 Å². The Balaban J connectivity index is 3.14. The van der Waals surface area contributed by atoms with E-state index in [9.17, 15) is 0 Å². The molecule has 0 saturated carbocycles. The number of hydrazone groups is 1. The minimum absolute atomic E-state index is 0.859. The number of allylic oxidation sites excluding steroid dienone is 1. The smallest absolute Gasteiger partial charge is 0.0233 e. The summed E-state index contributed by atoms with van der Waals surface area (Å²) in [4.78, 5) is 0. The highest BCUT2D eigenvalue weighted by atomic mass is 15.3.